The molecule has 2 heterocycles. The van der Waals surface area contributed by atoms with Gasteiger partial charge in [0, 0.05) is 18.5 Å². The maximum absolute atomic E-state index is 4.98. The van der Waals surface area contributed by atoms with Crippen LogP contribution in [0.2, 0.25) is 0 Å². The Hall–Kier alpha value is -0.990. The third-order valence-electron chi connectivity index (χ3n) is 4.59. The summed E-state index contributed by atoms with van der Waals surface area (Å²) in [5.74, 6) is 1.84. The molecule has 114 valence electrons. The molecule has 20 heavy (non-hydrogen) atoms. The number of nitrogens with one attached hydrogen (secondary N) is 1. The molecule has 2 unspecified atom stereocenters. The van der Waals surface area contributed by atoms with Crippen LogP contribution in [-0.4, -0.2) is 16.3 Å². The fourth-order valence-electron chi connectivity index (χ4n) is 3.25. The van der Waals surface area contributed by atoms with Crippen LogP contribution in [-0.2, 0) is 0 Å². The number of hydrogen-bond donors (Lipinski definition) is 1. The first kappa shape index (κ1) is 15.4. The number of nitrogens with zero attached hydrogens (tertiary/aromatic N) is 2. The Morgan fingerprint density at radius 2 is 2.15 bits per heavy atom. The van der Waals surface area contributed by atoms with Crippen molar-refractivity contribution < 1.29 is 0 Å². The predicted molar refractivity (Wildman–Crippen MR) is 86.4 cm³/mol. The lowest BCUT2D eigenvalue weighted by molar-refractivity contribution is 0.209. The van der Waals surface area contributed by atoms with Gasteiger partial charge < -0.3 is 5.32 Å². The number of aromatic nitrogens is 2. The maximum Gasteiger partial charge on any atom is 0.124 e. The summed E-state index contributed by atoms with van der Waals surface area (Å²) in [7, 11) is 0. The monoisotopic (exact) mass is 277 g/mol. The van der Waals surface area contributed by atoms with Crippen LogP contribution < -0.4 is 5.32 Å². The Labute approximate surface area is 124 Å². The zero-order valence-corrected chi connectivity index (χ0v) is 13.9. The Morgan fingerprint density at radius 1 is 1.40 bits per heavy atom. The summed E-state index contributed by atoms with van der Waals surface area (Å²) < 4.78 is 2.26. The van der Waals surface area contributed by atoms with Crippen molar-refractivity contribution in [2.75, 3.05) is 11.9 Å². The summed E-state index contributed by atoms with van der Waals surface area (Å²) in [5, 5.41) is 8.50. The van der Waals surface area contributed by atoms with Crippen molar-refractivity contribution in [1.82, 2.24) is 9.78 Å². The second kappa shape index (κ2) is 6.19. The third kappa shape index (κ3) is 3.18. The Morgan fingerprint density at radius 3 is 2.75 bits per heavy atom. The van der Waals surface area contributed by atoms with E-state index in [1.807, 2.05) is 0 Å². The average molecular weight is 277 g/mol. The van der Waals surface area contributed by atoms with E-state index < -0.39 is 0 Å². The van der Waals surface area contributed by atoms with E-state index in [9.17, 15) is 0 Å². The van der Waals surface area contributed by atoms with Gasteiger partial charge in [-0.3, -0.25) is 0 Å². The predicted octanol–water partition coefficient (Wildman–Crippen LogP) is 4.97. The van der Waals surface area contributed by atoms with Crippen LogP contribution in [0, 0.1) is 5.41 Å². The zero-order chi connectivity index (χ0) is 14.8. The zero-order valence-electron chi connectivity index (χ0n) is 13.9. The molecule has 1 aromatic heterocycles. The lowest BCUT2D eigenvalue weighted by Gasteiger charge is -2.35. The molecule has 0 radical (unpaired) electrons. The molecule has 0 aliphatic carbocycles. The molecule has 3 heteroatoms. The smallest absolute Gasteiger partial charge is 0.124 e. The van der Waals surface area contributed by atoms with Gasteiger partial charge >= 0.3 is 0 Å². The molecule has 0 spiro atoms. The minimum absolute atomic E-state index is 0.269. The lowest BCUT2D eigenvalue weighted by atomic mass is 9.84. The van der Waals surface area contributed by atoms with Gasteiger partial charge in [0.1, 0.15) is 5.82 Å². The van der Waals surface area contributed by atoms with Crippen LogP contribution in [0.4, 0.5) is 5.82 Å². The molecule has 0 fully saturated rings. The van der Waals surface area contributed by atoms with Gasteiger partial charge in [-0.15, -0.1) is 0 Å². The van der Waals surface area contributed by atoms with Crippen molar-refractivity contribution in [3.05, 3.63) is 11.8 Å². The maximum atomic E-state index is 4.98. The highest BCUT2D eigenvalue weighted by Crippen LogP contribution is 2.39. The molecule has 0 saturated carbocycles. The topological polar surface area (TPSA) is 29.9 Å². The molecule has 1 aromatic rings. The van der Waals surface area contributed by atoms with E-state index in [-0.39, 0.29) is 5.41 Å². The van der Waals surface area contributed by atoms with E-state index in [1.54, 1.807) is 0 Å². The van der Waals surface area contributed by atoms with Crippen LogP contribution in [0.15, 0.2) is 6.07 Å². The average Bonchev–Trinajstić information content (AvgIpc) is 2.81. The number of anilines is 1. The van der Waals surface area contributed by atoms with E-state index in [0.29, 0.717) is 12.0 Å². The molecular weight excluding hydrogens is 246 g/mol. The second-order valence-electron chi connectivity index (χ2n) is 7.24. The van der Waals surface area contributed by atoms with Crippen LogP contribution in [0.1, 0.15) is 84.4 Å². The SMILES string of the molecule is CCCCC(CC)c1cc2n(n1)C(C(C)(C)C)CCN2. The Balaban J connectivity index is 2.24. The molecule has 1 aliphatic heterocycles. The van der Waals surface area contributed by atoms with Gasteiger partial charge in [0.2, 0.25) is 0 Å². The summed E-state index contributed by atoms with van der Waals surface area (Å²) in [4.78, 5) is 0. The first-order chi connectivity index (χ1) is 9.47. The van der Waals surface area contributed by atoms with E-state index in [2.05, 4.69) is 50.7 Å². The van der Waals surface area contributed by atoms with Crippen LogP contribution in [0.25, 0.3) is 0 Å². The Kier molecular flexibility index (Phi) is 4.77. The second-order valence-corrected chi connectivity index (χ2v) is 7.24. The van der Waals surface area contributed by atoms with E-state index in [0.717, 1.165) is 6.54 Å². The molecule has 0 saturated heterocycles. The molecule has 0 amide bonds. The molecule has 0 bridgehead atoms. The molecule has 0 aromatic carbocycles. The lowest BCUT2D eigenvalue weighted by Crippen LogP contribution is -2.32. The van der Waals surface area contributed by atoms with Crippen molar-refractivity contribution in [2.24, 2.45) is 5.41 Å². The molecule has 3 nitrogen and oxygen atoms in total. The van der Waals surface area contributed by atoms with Gasteiger partial charge in [0.25, 0.3) is 0 Å². The first-order valence-corrected chi connectivity index (χ1v) is 8.30. The van der Waals surface area contributed by atoms with Crippen molar-refractivity contribution in [2.45, 2.75) is 78.7 Å². The summed E-state index contributed by atoms with van der Waals surface area (Å²) in [5.41, 5.74) is 1.56. The standard InChI is InChI=1S/C17H31N3/c1-6-8-9-13(7-2)14-12-16-18-11-10-15(17(3,4)5)20(16)19-14/h12-13,15,18H,6-11H2,1-5H3. The Bertz CT molecular complexity index is 428. The molecule has 1 aliphatic rings. The van der Waals surface area contributed by atoms with E-state index in [4.69, 9.17) is 5.10 Å². The highest BCUT2D eigenvalue weighted by atomic mass is 15.4. The van der Waals surface area contributed by atoms with Crippen LogP contribution in [0.5, 0.6) is 0 Å². The molecular formula is C17H31N3. The first-order valence-electron chi connectivity index (χ1n) is 8.30. The largest absolute Gasteiger partial charge is 0.370 e. The van der Waals surface area contributed by atoms with Crippen LogP contribution in [0.3, 0.4) is 0 Å². The van der Waals surface area contributed by atoms with Gasteiger partial charge in [-0.2, -0.15) is 5.10 Å². The summed E-state index contributed by atoms with van der Waals surface area (Å²) >= 11 is 0. The van der Waals surface area contributed by atoms with E-state index in [1.165, 1.54) is 43.6 Å². The van der Waals surface area contributed by atoms with Crippen molar-refractivity contribution >= 4 is 5.82 Å². The molecule has 2 rings (SSSR count). The summed E-state index contributed by atoms with van der Waals surface area (Å²) in [6, 6.07) is 2.80. The number of rotatable bonds is 5. The normalized spacial score (nSPS) is 20.4. The van der Waals surface area contributed by atoms with Gasteiger partial charge in [-0.05, 0) is 24.7 Å². The van der Waals surface area contributed by atoms with Crippen LogP contribution >= 0.6 is 0 Å². The van der Waals surface area contributed by atoms with Crippen molar-refractivity contribution in [1.29, 1.82) is 0 Å². The van der Waals surface area contributed by atoms with E-state index >= 15 is 0 Å². The number of fused-ring (bicyclic) bond motifs is 1. The minimum Gasteiger partial charge on any atom is -0.370 e. The van der Waals surface area contributed by atoms with Gasteiger partial charge in [0.15, 0.2) is 0 Å². The number of hydrogen-bond acceptors (Lipinski definition) is 2. The fourth-order valence-corrected chi connectivity index (χ4v) is 3.25. The molecule has 2 atom stereocenters. The van der Waals surface area contributed by atoms with Gasteiger partial charge in [0.05, 0.1) is 11.7 Å². The number of unbranched alkanes of at least 4 members (excludes halogenated alkanes) is 1. The summed E-state index contributed by atoms with van der Waals surface area (Å²) in [6.07, 6.45) is 6.20. The summed E-state index contributed by atoms with van der Waals surface area (Å²) in [6.45, 7) is 12.6. The van der Waals surface area contributed by atoms with Crippen molar-refractivity contribution in [3.63, 3.8) is 0 Å². The molecule has 1 N–H and O–H groups in total. The van der Waals surface area contributed by atoms with Gasteiger partial charge in [-0.1, -0.05) is 47.5 Å². The fraction of sp³-hybridized carbons (Fsp3) is 0.824. The highest BCUT2D eigenvalue weighted by molar-refractivity contribution is 5.40. The highest BCUT2D eigenvalue weighted by Gasteiger charge is 2.32. The van der Waals surface area contributed by atoms with Crippen molar-refractivity contribution in [3.8, 4) is 0 Å². The minimum atomic E-state index is 0.269. The quantitative estimate of drug-likeness (QED) is 0.823. The van der Waals surface area contributed by atoms with Gasteiger partial charge in [-0.25, -0.2) is 4.68 Å². The third-order valence-corrected chi connectivity index (χ3v) is 4.59.